The van der Waals surface area contributed by atoms with Crippen molar-refractivity contribution >= 4 is 17.7 Å². The maximum atomic E-state index is 13.4. The van der Waals surface area contributed by atoms with Crippen LogP contribution in [0.15, 0.2) is 47.4 Å². The zero-order valence-corrected chi connectivity index (χ0v) is 20.7. The fourth-order valence-electron chi connectivity index (χ4n) is 6.12. The Morgan fingerprint density at radius 2 is 1.71 bits per heavy atom. The van der Waals surface area contributed by atoms with Crippen LogP contribution in [0.4, 0.5) is 0 Å². The highest BCUT2D eigenvalue weighted by Crippen LogP contribution is 2.54. The molecule has 1 N–H and O–H groups in total. The molecule has 2 aliphatic carbocycles. The lowest BCUT2D eigenvalue weighted by Gasteiger charge is -2.22. The molecule has 5 rings (SSSR count). The molecular formula is C30H39N3O. The Bertz CT molecular complexity index is 1040. The molecule has 0 amide bonds. The van der Waals surface area contributed by atoms with Crippen LogP contribution in [0.25, 0.3) is 5.70 Å². The number of aliphatic imine (C=N–C) groups is 1. The number of aromatic nitrogens is 2. The summed E-state index contributed by atoms with van der Waals surface area (Å²) in [4.78, 5) is 26.0. The number of nitrogens with zero attached hydrogens (tertiary/aromatic N) is 2. The summed E-state index contributed by atoms with van der Waals surface area (Å²) in [5, 5.41) is 0. The summed E-state index contributed by atoms with van der Waals surface area (Å²) in [6.45, 7) is 2.27. The van der Waals surface area contributed by atoms with E-state index < -0.39 is 0 Å². The largest absolute Gasteiger partial charge is 0.364 e. The van der Waals surface area contributed by atoms with Gasteiger partial charge >= 0.3 is 0 Å². The molecule has 4 nitrogen and oxygen atoms in total. The van der Waals surface area contributed by atoms with Gasteiger partial charge in [0.25, 0.3) is 0 Å². The Labute approximate surface area is 204 Å². The van der Waals surface area contributed by atoms with Gasteiger partial charge in [0.05, 0.1) is 5.70 Å². The fourth-order valence-corrected chi connectivity index (χ4v) is 6.12. The fraction of sp³-hybridized carbons (Fsp3) is 0.567. The van der Waals surface area contributed by atoms with Crippen molar-refractivity contribution in [2.75, 3.05) is 0 Å². The molecule has 1 spiro atoms. The van der Waals surface area contributed by atoms with Gasteiger partial charge in [0, 0.05) is 47.5 Å². The maximum Gasteiger partial charge on any atom is 0.166 e. The molecule has 0 saturated heterocycles. The van der Waals surface area contributed by atoms with Gasteiger partial charge in [0.1, 0.15) is 0 Å². The van der Waals surface area contributed by atoms with E-state index in [1.807, 2.05) is 12.1 Å². The number of carbonyl (C=O) groups is 1. The van der Waals surface area contributed by atoms with Crippen LogP contribution in [-0.4, -0.2) is 22.0 Å². The van der Waals surface area contributed by atoms with Gasteiger partial charge in [-0.05, 0) is 112 Å². The van der Waals surface area contributed by atoms with Crippen molar-refractivity contribution in [1.82, 2.24) is 9.97 Å². The number of Topliss-reactive ketones (excluding diaryl/α,β-unsaturated/α-hetero) is 1. The van der Waals surface area contributed by atoms with Crippen LogP contribution in [-0.2, 0) is 6.42 Å². The summed E-state index contributed by atoms with van der Waals surface area (Å²) in [7, 11) is 0. The number of ketones is 1. The smallest absolute Gasteiger partial charge is 0.166 e. The topological polar surface area (TPSA) is 58.1 Å². The molecule has 3 heterocycles. The highest BCUT2D eigenvalue weighted by atomic mass is 16.1. The van der Waals surface area contributed by atoms with E-state index in [2.05, 4.69) is 35.4 Å². The first-order chi connectivity index (χ1) is 16.6. The maximum absolute atomic E-state index is 13.4. The molecule has 0 aromatic carbocycles. The van der Waals surface area contributed by atoms with Crippen LogP contribution in [0.5, 0.6) is 0 Å². The highest BCUT2D eigenvalue weighted by Gasteiger charge is 2.41. The van der Waals surface area contributed by atoms with E-state index in [0.29, 0.717) is 17.1 Å². The quantitative estimate of drug-likeness (QED) is 0.473. The molecule has 2 aromatic rings. The monoisotopic (exact) mass is 457 g/mol. The van der Waals surface area contributed by atoms with Crippen molar-refractivity contribution in [3.63, 3.8) is 0 Å². The first kappa shape index (κ1) is 23.3. The molecule has 2 saturated carbocycles. The summed E-state index contributed by atoms with van der Waals surface area (Å²) >= 11 is 0. The van der Waals surface area contributed by atoms with Crippen LogP contribution in [0, 0.1) is 17.3 Å². The Morgan fingerprint density at radius 1 is 0.941 bits per heavy atom. The molecule has 0 bridgehead atoms. The Balaban J connectivity index is 1.42. The van der Waals surface area contributed by atoms with E-state index in [1.54, 1.807) is 12.4 Å². The van der Waals surface area contributed by atoms with E-state index in [0.717, 1.165) is 50.5 Å². The van der Waals surface area contributed by atoms with Gasteiger partial charge in [-0.15, -0.1) is 0 Å². The number of rotatable bonds is 2. The molecule has 0 radical (unpaired) electrons. The van der Waals surface area contributed by atoms with E-state index in [-0.39, 0.29) is 5.92 Å². The van der Waals surface area contributed by atoms with Crippen molar-refractivity contribution in [1.29, 1.82) is 0 Å². The Morgan fingerprint density at radius 3 is 2.53 bits per heavy atom. The average Bonchev–Trinajstić information content (AvgIpc) is 3.46. The molecule has 34 heavy (non-hydrogen) atoms. The molecule has 3 aliphatic rings. The lowest BCUT2D eigenvalue weighted by molar-refractivity contribution is 0.0900. The number of aromatic amines is 1. The minimum Gasteiger partial charge on any atom is -0.364 e. The number of H-pyrrole nitrogens is 1. The molecule has 2 fully saturated rings. The predicted octanol–water partition coefficient (Wildman–Crippen LogP) is 7.58. The molecule has 180 valence electrons. The number of nitrogens with one attached hydrogen (secondary N) is 1. The zero-order chi connectivity index (χ0) is 23.4. The van der Waals surface area contributed by atoms with Gasteiger partial charge in [-0.1, -0.05) is 13.3 Å². The zero-order valence-electron chi connectivity index (χ0n) is 20.7. The van der Waals surface area contributed by atoms with Crippen LogP contribution in [0.3, 0.4) is 0 Å². The summed E-state index contributed by atoms with van der Waals surface area (Å²) in [6.07, 6.45) is 23.0. The highest BCUT2D eigenvalue weighted by molar-refractivity contribution is 5.97. The molecule has 1 aliphatic heterocycles. The third-order valence-corrected chi connectivity index (χ3v) is 8.50. The lowest BCUT2D eigenvalue weighted by atomic mass is 9.83. The molecule has 2 aromatic heterocycles. The first-order valence-corrected chi connectivity index (χ1v) is 13.5. The number of hydrogen-bond donors (Lipinski definition) is 1. The third-order valence-electron chi connectivity index (χ3n) is 8.50. The van der Waals surface area contributed by atoms with Crippen molar-refractivity contribution in [2.24, 2.45) is 22.2 Å². The second-order valence-electron chi connectivity index (χ2n) is 11.1. The number of fused-ring (bicyclic) bond motifs is 1. The molecular weight excluding hydrogens is 418 g/mol. The van der Waals surface area contributed by atoms with E-state index in [4.69, 9.17) is 4.99 Å². The second-order valence-corrected chi connectivity index (χ2v) is 11.1. The second kappa shape index (κ2) is 10.4. The minimum atomic E-state index is 0.118. The van der Waals surface area contributed by atoms with E-state index >= 15 is 0 Å². The standard InChI is InChI=1S/C30H39N3O/c1-22-9-10-27-26(13-20-32-27)28(33-21-22)23-5-2-6-24(29(34)25-11-18-31-19-12-25)8-4-15-30(16-17-30)14-3-7-23/h11-13,18-22,24,32H,2-10,14-17H2,1H3/b28-23+,33-21?. The molecule has 2 atom stereocenters. The first-order valence-electron chi connectivity index (χ1n) is 13.5. The van der Waals surface area contributed by atoms with Crippen LogP contribution in [0.2, 0.25) is 0 Å². The van der Waals surface area contributed by atoms with Crippen molar-refractivity contribution < 1.29 is 4.79 Å². The summed E-state index contributed by atoms with van der Waals surface area (Å²) in [5.74, 6) is 0.923. The van der Waals surface area contributed by atoms with Gasteiger partial charge in [-0.2, -0.15) is 0 Å². The van der Waals surface area contributed by atoms with Crippen molar-refractivity contribution in [3.8, 4) is 0 Å². The summed E-state index contributed by atoms with van der Waals surface area (Å²) < 4.78 is 0. The van der Waals surface area contributed by atoms with Crippen LogP contribution in [0.1, 0.15) is 106 Å². The SMILES string of the molecule is CC1C=N/C(=C2\CCCC(C(=O)c3ccncc3)CCCC3(CCC2)CC3)c2cc[nH]c2CC1. The van der Waals surface area contributed by atoms with Crippen molar-refractivity contribution in [2.45, 2.75) is 90.4 Å². The molecule has 2 unspecified atom stereocenters. The van der Waals surface area contributed by atoms with Gasteiger partial charge < -0.3 is 4.98 Å². The van der Waals surface area contributed by atoms with Gasteiger partial charge in [0.2, 0.25) is 0 Å². The Hall–Kier alpha value is -2.49. The van der Waals surface area contributed by atoms with Crippen molar-refractivity contribution in [3.05, 3.63) is 59.2 Å². The van der Waals surface area contributed by atoms with E-state index in [1.165, 1.54) is 61.1 Å². The Kier molecular flexibility index (Phi) is 7.12. The number of pyridine rings is 1. The van der Waals surface area contributed by atoms with E-state index in [9.17, 15) is 4.79 Å². The summed E-state index contributed by atoms with van der Waals surface area (Å²) in [5.41, 5.74) is 6.72. The lowest BCUT2D eigenvalue weighted by Crippen LogP contribution is -2.16. The van der Waals surface area contributed by atoms with Gasteiger partial charge in [-0.3, -0.25) is 14.8 Å². The predicted molar refractivity (Wildman–Crippen MR) is 139 cm³/mol. The average molecular weight is 458 g/mol. The normalized spacial score (nSPS) is 27.7. The number of allylic oxidation sites excluding steroid dienone is 1. The number of carbonyl (C=O) groups excluding carboxylic acids is 1. The van der Waals surface area contributed by atoms with Gasteiger partial charge in [-0.25, -0.2) is 0 Å². The van der Waals surface area contributed by atoms with Gasteiger partial charge in [0.15, 0.2) is 5.78 Å². The molecule has 4 heteroatoms. The van der Waals surface area contributed by atoms with Crippen LogP contribution < -0.4 is 0 Å². The third kappa shape index (κ3) is 5.42. The summed E-state index contributed by atoms with van der Waals surface area (Å²) in [6, 6.07) is 5.98. The minimum absolute atomic E-state index is 0.118. The number of aryl methyl sites for hydroxylation is 1. The van der Waals surface area contributed by atoms with Crippen LogP contribution >= 0.6 is 0 Å². The number of hydrogen-bond acceptors (Lipinski definition) is 3.